The Morgan fingerprint density at radius 3 is 2.45 bits per heavy atom. The fourth-order valence-electron chi connectivity index (χ4n) is 5.85. The van der Waals surface area contributed by atoms with Gasteiger partial charge in [-0.1, -0.05) is 48.9 Å². The van der Waals surface area contributed by atoms with Crippen LogP contribution >= 0.6 is 0 Å². The zero-order valence-electron chi connectivity index (χ0n) is 19.7. The second-order valence-electron chi connectivity index (χ2n) is 10.0. The Morgan fingerprint density at radius 2 is 1.73 bits per heavy atom. The Bertz CT molecular complexity index is 1050. The normalized spacial score (nSPS) is 25.3. The maximum absolute atomic E-state index is 12.2. The number of nitrogens with zero attached hydrogens (tertiary/aromatic N) is 3. The summed E-state index contributed by atoms with van der Waals surface area (Å²) in [4.78, 5) is 7.23. The first-order valence-electron chi connectivity index (χ1n) is 12.3. The average Bonchev–Trinajstić information content (AvgIpc) is 3.24. The van der Waals surface area contributed by atoms with Gasteiger partial charge >= 0.3 is 0 Å². The van der Waals surface area contributed by atoms with Gasteiger partial charge in [0.1, 0.15) is 17.2 Å². The van der Waals surface area contributed by atoms with Crippen LogP contribution in [-0.4, -0.2) is 38.8 Å². The minimum atomic E-state index is -0.865. The lowest BCUT2D eigenvalue weighted by atomic mass is 9.65. The van der Waals surface area contributed by atoms with E-state index in [4.69, 9.17) is 9.72 Å². The highest BCUT2D eigenvalue weighted by atomic mass is 16.5. The van der Waals surface area contributed by atoms with E-state index in [-0.39, 0.29) is 17.9 Å². The van der Waals surface area contributed by atoms with Crippen LogP contribution in [0.1, 0.15) is 50.1 Å². The summed E-state index contributed by atoms with van der Waals surface area (Å²) in [7, 11) is 0. The molecule has 3 atom stereocenters. The molecule has 1 N–H and O–H groups in total. The van der Waals surface area contributed by atoms with Crippen LogP contribution < -0.4 is 4.74 Å². The summed E-state index contributed by atoms with van der Waals surface area (Å²) < 4.78 is 8.05. The quantitative estimate of drug-likeness (QED) is 0.566. The lowest BCUT2D eigenvalue weighted by Crippen LogP contribution is -2.58. The zero-order valence-corrected chi connectivity index (χ0v) is 19.7. The van der Waals surface area contributed by atoms with E-state index < -0.39 is 5.60 Å². The first kappa shape index (κ1) is 22.2. The molecule has 2 bridgehead atoms. The number of piperidine rings is 1. The fourth-order valence-corrected chi connectivity index (χ4v) is 5.85. The van der Waals surface area contributed by atoms with Crippen molar-refractivity contribution in [2.24, 2.45) is 11.8 Å². The Hall–Kier alpha value is -2.63. The molecular weight excluding hydrogens is 410 g/mol. The molecule has 2 aromatic carbocycles. The predicted octanol–water partition coefficient (Wildman–Crippen LogP) is 4.84. The Labute approximate surface area is 197 Å². The number of rotatable bonds is 7. The van der Waals surface area contributed by atoms with Gasteiger partial charge in [0.15, 0.2) is 0 Å². The van der Waals surface area contributed by atoms with E-state index >= 15 is 0 Å². The van der Waals surface area contributed by atoms with Crippen LogP contribution in [0, 0.1) is 11.8 Å². The second-order valence-corrected chi connectivity index (χ2v) is 10.0. The van der Waals surface area contributed by atoms with Crippen LogP contribution in [0.4, 0.5) is 0 Å². The molecule has 1 saturated heterocycles. The SMILES string of the molecule is CC(C)Oc1cccc(CN2C[C@H]3CCC[C@@H](C2)C3(O)c2nccn2Cc2ccccc2)c1. The second kappa shape index (κ2) is 9.32. The molecule has 5 nitrogen and oxygen atoms in total. The van der Waals surface area contributed by atoms with Crippen molar-refractivity contribution in [2.75, 3.05) is 13.1 Å². The molecule has 5 rings (SSSR count). The van der Waals surface area contributed by atoms with E-state index in [1.165, 1.54) is 17.5 Å². The highest BCUT2D eigenvalue weighted by Gasteiger charge is 2.53. The smallest absolute Gasteiger partial charge is 0.141 e. The van der Waals surface area contributed by atoms with Crippen LogP contribution in [0.3, 0.4) is 0 Å². The standard InChI is InChI=1S/C28H35N3O2/c1-21(2)33-26-13-6-10-23(16-26)17-30-19-24-11-7-12-25(20-30)28(24,32)27-29-14-15-31(27)18-22-8-4-3-5-9-22/h3-6,8-10,13-16,21,24-25,32H,7,11-12,17-20H2,1-2H3/t24-,25+,28?. The summed E-state index contributed by atoms with van der Waals surface area (Å²) in [5.41, 5.74) is 1.63. The van der Waals surface area contributed by atoms with Crippen molar-refractivity contribution in [3.8, 4) is 5.75 Å². The van der Waals surface area contributed by atoms with E-state index in [0.717, 1.165) is 50.6 Å². The molecule has 1 aromatic heterocycles. The van der Waals surface area contributed by atoms with Gasteiger partial charge in [0.2, 0.25) is 0 Å². The van der Waals surface area contributed by atoms with Crippen LogP contribution in [0.25, 0.3) is 0 Å². The molecular formula is C28H35N3O2. The number of hydrogen-bond acceptors (Lipinski definition) is 4. The maximum atomic E-state index is 12.2. The van der Waals surface area contributed by atoms with Gasteiger partial charge in [-0.05, 0) is 49.9 Å². The molecule has 2 heterocycles. The number of aromatic nitrogens is 2. The third-order valence-electron chi connectivity index (χ3n) is 7.25. The fraction of sp³-hybridized carbons (Fsp3) is 0.464. The number of likely N-dealkylation sites (tertiary alicyclic amines) is 1. The molecule has 1 aliphatic carbocycles. The number of hydrogen-bond donors (Lipinski definition) is 1. The van der Waals surface area contributed by atoms with Gasteiger partial charge in [-0.15, -0.1) is 0 Å². The largest absolute Gasteiger partial charge is 0.491 e. The van der Waals surface area contributed by atoms with Crippen LogP contribution in [0.5, 0.6) is 5.75 Å². The van der Waals surface area contributed by atoms with E-state index in [1.54, 1.807) is 0 Å². The molecule has 0 radical (unpaired) electrons. The number of benzene rings is 2. The highest BCUT2D eigenvalue weighted by Crippen LogP contribution is 2.49. The molecule has 0 spiro atoms. The summed E-state index contributed by atoms with van der Waals surface area (Å²) >= 11 is 0. The lowest BCUT2D eigenvalue weighted by molar-refractivity contribution is -0.155. The summed E-state index contributed by atoms with van der Waals surface area (Å²) in [5, 5.41) is 12.2. The zero-order chi connectivity index (χ0) is 22.8. The van der Waals surface area contributed by atoms with Gasteiger partial charge in [0.05, 0.1) is 6.10 Å². The monoisotopic (exact) mass is 445 g/mol. The summed E-state index contributed by atoms with van der Waals surface area (Å²) in [6.45, 7) is 7.52. The maximum Gasteiger partial charge on any atom is 0.141 e. The number of imidazole rings is 1. The Kier molecular flexibility index (Phi) is 6.26. The Morgan fingerprint density at radius 1 is 1.00 bits per heavy atom. The lowest BCUT2D eigenvalue weighted by Gasteiger charge is -2.52. The molecule has 1 unspecified atom stereocenters. The molecule has 1 saturated carbocycles. The van der Waals surface area contributed by atoms with Gasteiger partial charge in [-0.3, -0.25) is 4.90 Å². The third-order valence-corrected chi connectivity index (χ3v) is 7.25. The van der Waals surface area contributed by atoms with Crippen molar-refractivity contribution in [1.29, 1.82) is 0 Å². The van der Waals surface area contributed by atoms with Crippen molar-refractivity contribution in [1.82, 2.24) is 14.5 Å². The molecule has 174 valence electrons. The number of ether oxygens (including phenoxy) is 1. The molecule has 5 heteroatoms. The Balaban J connectivity index is 1.35. The van der Waals surface area contributed by atoms with Gasteiger partial charge in [0.25, 0.3) is 0 Å². The van der Waals surface area contributed by atoms with Crippen LogP contribution in [0.15, 0.2) is 67.0 Å². The summed E-state index contributed by atoms with van der Waals surface area (Å²) in [6.07, 6.45) is 7.30. The van der Waals surface area contributed by atoms with Gasteiger partial charge < -0.3 is 14.4 Å². The van der Waals surface area contributed by atoms with E-state index in [2.05, 4.69) is 65.8 Å². The topological polar surface area (TPSA) is 50.5 Å². The number of aliphatic hydroxyl groups is 1. The molecule has 33 heavy (non-hydrogen) atoms. The molecule has 2 fully saturated rings. The molecule has 0 amide bonds. The first-order valence-corrected chi connectivity index (χ1v) is 12.3. The average molecular weight is 446 g/mol. The van der Waals surface area contributed by atoms with Crippen molar-refractivity contribution in [3.05, 3.63) is 83.9 Å². The van der Waals surface area contributed by atoms with E-state index in [9.17, 15) is 5.11 Å². The van der Waals surface area contributed by atoms with Gasteiger partial charge in [0, 0.05) is 50.4 Å². The first-order chi connectivity index (χ1) is 16.0. The minimum absolute atomic E-state index is 0.171. The number of fused-ring (bicyclic) bond motifs is 2. The van der Waals surface area contributed by atoms with Gasteiger partial charge in [-0.2, -0.15) is 0 Å². The van der Waals surface area contributed by atoms with Crippen molar-refractivity contribution >= 4 is 0 Å². The predicted molar refractivity (Wildman–Crippen MR) is 130 cm³/mol. The molecule has 2 aliphatic rings. The summed E-state index contributed by atoms with van der Waals surface area (Å²) in [6, 6.07) is 18.9. The van der Waals surface area contributed by atoms with E-state index in [0.29, 0.717) is 0 Å². The summed E-state index contributed by atoms with van der Waals surface area (Å²) in [5.74, 6) is 2.15. The van der Waals surface area contributed by atoms with Crippen LogP contribution in [0.2, 0.25) is 0 Å². The van der Waals surface area contributed by atoms with Crippen molar-refractivity contribution < 1.29 is 9.84 Å². The van der Waals surface area contributed by atoms with Crippen molar-refractivity contribution in [2.45, 2.75) is 57.9 Å². The molecule has 3 aromatic rings. The van der Waals surface area contributed by atoms with Gasteiger partial charge in [-0.25, -0.2) is 4.98 Å². The molecule has 1 aliphatic heterocycles. The van der Waals surface area contributed by atoms with E-state index in [1.807, 2.05) is 24.5 Å². The third kappa shape index (κ3) is 4.57. The minimum Gasteiger partial charge on any atom is -0.491 e. The van der Waals surface area contributed by atoms with Crippen molar-refractivity contribution in [3.63, 3.8) is 0 Å². The highest BCUT2D eigenvalue weighted by molar-refractivity contribution is 5.29. The van der Waals surface area contributed by atoms with Crippen LogP contribution in [-0.2, 0) is 18.7 Å².